The second-order valence-corrected chi connectivity index (χ2v) is 9.46. The van der Waals surface area contributed by atoms with Crippen molar-refractivity contribution in [2.75, 3.05) is 18.5 Å². The summed E-state index contributed by atoms with van der Waals surface area (Å²) in [5.74, 6) is 0.139. The molecule has 1 fully saturated rings. The fourth-order valence-electron chi connectivity index (χ4n) is 4.90. The lowest BCUT2D eigenvalue weighted by atomic mass is 9.79. The van der Waals surface area contributed by atoms with Gasteiger partial charge in [-0.3, -0.25) is 9.78 Å². The van der Waals surface area contributed by atoms with Crippen molar-refractivity contribution in [2.24, 2.45) is 5.92 Å². The Morgan fingerprint density at radius 1 is 1.23 bits per heavy atom. The maximum Gasteiger partial charge on any atom is 0.326 e. The Kier molecular flexibility index (Phi) is 6.94. The molecule has 4 heterocycles. The van der Waals surface area contributed by atoms with Gasteiger partial charge in [-0.1, -0.05) is 6.07 Å². The fourth-order valence-corrected chi connectivity index (χ4v) is 4.90. The van der Waals surface area contributed by atoms with Crippen LogP contribution in [0.4, 0.5) is 5.82 Å². The lowest BCUT2D eigenvalue weighted by Gasteiger charge is -2.35. The Hall–Kier alpha value is -3.46. The summed E-state index contributed by atoms with van der Waals surface area (Å²) in [6, 6.07) is 6.67. The molecule has 2 aliphatic rings. The molecule has 35 heavy (non-hydrogen) atoms. The van der Waals surface area contributed by atoms with E-state index in [-0.39, 0.29) is 12.5 Å². The highest BCUT2D eigenvalue weighted by atomic mass is 16.5. The molecule has 0 bridgehead atoms. The Morgan fingerprint density at radius 3 is 2.97 bits per heavy atom. The smallest absolute Gasteiger partial charge is 0.326 e. The number of aryl methyl sites for hydroxylation is 2. The second-order valence-electron chi connectivity index (χ2n) is 9.46. The highest BCUT2D eigenvalue weighted by Gasteiger charge is 2.30. The van der Waals surface area contributed by atoms with Gasteiger partial charge in [0.15, 0.2) is 0 Å². The summed E-state index contributed by atoms with van der Waals surface area (Å²) in [5.41, 5.74) is 4.07. The van der Waals surface area contributed by atoms with E-state index in [2.05, 4.69) is 32.7 Å². The minimum atomic E-state index is -1.07. The normalized spacial score (nSPS) is 19.9. The number of carboxylic acid groups (broad SMARTS) is 1. The number of aliphatic carboxylic acids is 1. The van der Waals surface area contributed by atoms with Crippen molar-refractivity contribution in [3.8, 4) is 0 Å². The molecule has 5 rings (SSSR count). The van der Waals surface area contributed by atoms with Crippen molar-refractivity contribution in [1.29, 1.82) is 0 Å². The summed E-state index contributed by atoms with van der Waals surface area (Å²) in [6.45, 7) is 1.29. The molecule has 184 valence electrons. The van der Waals surface area contributed by atoms with Gasteiger partial charge in [0.25, 0.3) is 5.91 Å². The summed E-state index contributed by atoms with van der Waals surface area (Å²) >= 11 is 0. The number of carboxylic acids is 1. The zero-order valence-electron chi connectivity index (χ0n) is 19.6. The number of carbonyl (C=O) groups is 2. The maximum atomic E-state index is 12.7. The minimum absolute atomic E-state index is 0.155. The van der Waals surface area contributed by atoms with E-state index in [0.717, 1.165) is 50.2 Å². The van der Waals surface area contributed by atoms with Crippen LogP contribution < -0.4 is 10.6 Å². The van der Waals surface area contributed by atoms with Gasteiger partial charge in [0.1, 0.15) is 11.9 Å². The largest absolute Gasteiger partial charge is 0.480 e. The van der Waals surface area contributed by atoms with Crippen LogP contribution in [0.25, 0.3) is 11.0 Å². The van der Waals surface area contributed by atoms with Gasteiger partial charge in [-0.2, -0.15) is 0 Å². The van der Waals surface area contributed by atoms with Crippen molar-refractivity contribution in [2.45, 2.75) is 57.1 Å². The van der Waals surface area contributed by atoms with Gasteiger partial charge in [0.2, 0.25) is 0 Å². The molecule has 9 heteroatoms. The fraction of sp³-hybridized carbons (Fsp3) is 0.462. The van der Waals surface area contributed by atoms with E-state index in [1.165, 1.54) is 18.2 Å². The second kappa shape index (κ2) is 10.4. The number of amides is 1. The number of hydrogen-bond donors (Lipinski definition) is 4. The number of fused-ring (bicyclic) bond motifs is 2. The van der Waals surface area contributed by atoms with E-state index in [1.54, 1.807) is 18.3 Å². The quantitative estimate of drug-likeness (QED) is 0.352. The number of aromatic nitrogens is 3. The number of rotatable bonds is 10. The highest BCUT2D eigenvalue weighted by Crippen LogP contribution is 2.34. The van der Waals surface area contributed by atoms with Gasteiger partial charge in [-0.25, -0.2) is 9.78 Å². The third kappa shape index (κ3) is 5.45. The lowest BCUT2D eigenvalue weighted by molar-refractivity contribution is -0.140. The third-order valence-electron chi connectivity index (χ3n) is 7.01. The number of nitrogens with one attached hydrogen (secondary N) is 3. The zero-order chi connectivity index (χ0) is 24.2. The molecular formula is C26H31N5O4. The summed E-state index contributed by atoms with van der Waals surface area (Å²) in [7, 11) is 0. The van der Waals surface area contributed by atoms with Gasteiger partial charge in [0.05, 0.1) is 22.7 Å². The van der Waals surface area contributed by atoms with Crippen molar-refractivity contribution >= 4 is 28.7 Å². The molecule has 9 nitrogen and oxygen atoms in total. The van der Waals surface area contributed by atoms with Crippen LogP contribution in [0.3, 0.4) is 0 Å². The molecule has 1 aliphatic carbocycles. The molecule has 3 aromatic heterocycles. The van der Waals surface area contributed by atoms with Crippen LogP contribution in [0.5, 0.6) is 0 Å². The summed E-state index contributed by atoms with van der Waals surface area (Å²) < 4.78 is 5.90. The molecule has 0 radical (unpaired) electrons. The van der Waals surface area contributed by atoms with E-state index in [0.29, 0.717) is 29.1 Å². The summed E-state index contributed by atoms with van der Waals surface area (Å²) in [5, 5.41) is 15.6. The first-order valence-electron chi connectivity index (χ1n) is 12.4. The van der Waals surface area contributed by atoms with Gasteiger partial charge in [-0.05, 0) is 68.2 Å². The van der Waals surface area contributed by atoms with E-state index in [1.807, 2.05) is 0 Å². The SMILES string of the molecule is O=C(NC(CCOC1CC(CCc2ccc3c(n2)NCCC3)C1)C(=O)O)c1ccnc2cc[nH]c12. The first kappa shape index (κ1) is 23.3. The van der Waals surface area contributed by atoms with Crippen LogP contribution in [0.15, 0.2) is 36.7 Å². The molecule has 0 aromatic carbocycles. The lowest BCUT2D eigenvalue weighted by Crippen LogP contribution is -2.42. The molecule has 1 amide bonds. The van der Waals surface area contributed by atoms with Gasteiger partial charge in [0, 0.05) is 37.7 Å². The average Bonchev–Trinajstić information content (AvgIpc) is 3.32. The number of carbonyl (C=O) groups excluding carboxylic acids is 1. The van der Waals surface area contributed by atoms with E-state index < -0.39 is 17.9 Å². The Bertz CT molecular complexity index is 1200. The van der Waals surface area contributed by atoms with Gasteiger partial charge in [-0.15, -0.1) is 0 Å². The predicted octanol–water partition coefficient (Wildman–Crippen LogP) is 3.32. The van der Waals surface area contributed by atoms with Crippen molar-refractivity contribution < 1.29 is 19.4 Å². The first-order valence-corrected chi connectivity index (χ1v) is 12.4. The topological polar surface area (TPSA) is 129 Å². The summed E-state index contributed by atoms with van der Waals surface area (Å²) in [6.07, 6.45) is 9.88. The molecule has 0 spiro atoms. The van der Waals surface area contributed by atoms with Crippen molar-refractivity contribution in [1.82, 2.24) is 20.3 Å². The number of H-pyrrole nitrogens is 1. The molecule has 4 N–H and O–H groups in total. The number of nitrogens with zero attached hydrogens (tertiary/aromatic N) is 2. The molecule has 1 saturated carbocycles. The number of aromatic amines is 1. The van der Waals surface area contributed by atoms with Crippen LogP contribution in [-0.4, -0.2) is 57.2 Å². The van der Waals surface area contributed by atoms with Gasteiger partial charge >= 0.3 is 5.97 Å². The van der Waals surface area contributed by atoms with Crippen molar-refractivity contribution in [3.63, 3.8) is 0 Å². The molecule has 1 atom stereocenters. The van der Waals surface area contributed by atoms with Crippen LogP contribution >= 0.6 is 0 Å². The minimum Gasteiger partial charge on any atom is -0.480 e. The number of ether oxygens (including phenoxy) is 1. The van der Waals surface area contributed by atoms with Crippen molar-refractivity contribution in [3.05, 3.63) is 53.5 Å². The number of hydrogen-bond acceptors (Lipinski definition) is 6. The predicted molar refractivity (Wildman–Crippen MR) is 131 cm³/mol. The molecule has 1 aliphatic heterocycles. The molecule has 3 aromatic rings. The monoisotopic (exact) mass is 477 g/mol. The molecule has 1 unspecified atom stereocenters. The van der Waals surface area contributed by atoms with Crippen LogP contribution in [-0.2, 0) is 22.4 Å². The highest BCUT2D eigenvalue weighted by molar-refractivity contribution is 6.05. The van der Waals surface area contributed by atoms with Crippen LogP contribution in [0, 0.1) is 5.92 Å². The number of pyridine rings is 2. The molecular weight excluding hydrogens is 446 g/mol. The Labute approximate surface area is 203 Å². The van der Waals surface area contributed by atoms with Crippen LogP contribution in [0.2, 0.25) is 0 Å². The van der Waals surface area contributed by atoms with E-state index in [9.17, 15) is 14.7 Å². The zero-order valence-corrected chi connectivity index (χ0v) is 19.6. The maximum absolute atomic E-state index is 12.7. The standard InChI is InChI=1S/C26H31N5O4/c32-25(20-7-11-27-21-8-12-28-23(20)21)31-22(26(33)34)9-13-35-19-14-16(15-19)3-5-18-6-4-17-2-1-10-29-24(17)30-18/h4,6-8,11-12,16,19,22,28H,1-3,5,9-10,13-15H2,(H,29,30)(H,31,32)(H,33,34). The number of anilines is 1. The first-order chi connectivity index (χ1) is 17.1. The Morgan fingerprint density at radius 2 is 2.11 bits per heavy atom. The third-order valence-corrected chi connectivity index (χ3v) is 7.01. The van der Waals surface area contributed by atoms with E-state index >= 15 is 0 Å². The molecule has 0 saturated heterocycles. The Balaban J connectivity index is 1.03. The van der Waals surface area contributed by atoms with Crippen LogP contribution in [0.1, 0.15) is 53.7 Å². The van der Waals surface area contributed by atoms with Gasteiger partial charge < -0.3 is 25.5 Å². The average molecular weight is 478 g/mol. The summed E-state index contributed by atoms with van der Waals surface area (Å²) in [4.78, 5) is 36.3. The van der Waals surface area contributed by atoms with E-state index in [4.69, 9.17) is 9.72 Å².